The van der Waals surface area contributed by atoms with Crippen molar-refractivity contribution in [2.75, 3.05) is 11.9 Å². The minimum Gasteiger partial charge on any atom is -0.376 e. The summed E-state index contributed by atoms with van der Waals surface area (Å²) >= 11 is 0. The van der Waals surface area contributed by atoms with E-state index >= 15 is 0 Å². The highest BCUT2D eigenvalue weighted by atomic mass is 16.2. The van der Waals surface area contributed by atoms with Crippen LogP contribution in [0, 0.1) is 13.8 Å². The lowest BCUT2D eigenvalue weighted by Gasteiger charge is -2.11. The molecule has 6 nitrogen and oxygen atoms in total. The molecule has 126 valence electrons. The molecule has 0 atom stereocenters. The molecule has 6 heteroatoms. The predicted octanol–water partition coefficient (Wildman–Crippen LogP) is 1.89. The van der Waals surface area contributed by atoms with Gasteiger partial charge < -0.3 is 5.32 Å². The van der Waals surface area contributed by atoms with Crippen LogP contribution >= 0.6 is 0 Å². The van der Waals surface area contributed by atoms with Crippen molar-refractivity contribution in [1.29, 1.82) is 0 Å². The highest BCUT2D eigenvalue weighted by Crippen LogP contribution is 2.15. The van der Waals surface area contributed by atoms with Crippen molar-refractivity contribution in [1.82, 2.24) is 15.8 Å². The number of aryl methyl sites for hydroxylation is 3. The van der Waals surface area contributed by atoms with Crippen molar-refractivity contribution in [3.63, 3.8) is 0 Å². The second-order valence-electron chi connectivity index (χ2n) is 5.63. The summed E-state index contributed by atoms with van der Waals surface area (Å²) in [4.78, 5) is 27.5. The third-order valence-corrected chi connectivity index (χ3v) is 3.53. The Morgan fingerprint density at radius 3 is 2.58 bits per heavy atom. The van der Waals surface area contributed by atoms with Crippen LogP contribution in [0.3, 0.4) is 0 Å². The zero-order valence-corrected chi connectivity index (χ0v) is 13.9. The largest absolute Gasteiger partial charge is 0.376 e. The van der Waals surface area contributed by atoms with Crippen LogP contribution in [0.1, 0.15) is 23.1 Å². The topological polar surface area (TPSA) is 83.1 Å². The predicted molar refractivity (Wildman–Crippen MR) is 93.2 cm³/mol. The van der Waals surface area contributed by atoms with Gasteiger partial charge >= 0.3 is 0 Å². The van der Waals surface area contributed by atoms with E-state index in [0.717, 1.165) is 16.8 Å². The molecule has 0 radical (unpaired) electrons. The maximum Gasteiger partial charge on any atom is 0.257 e. The normalized spacial score (nSPS) is 10.1. The van der Waals surface area contributed by atoms with Gasteiger partial charge in [-0.05, 0) is 43.5 Å². The number of carbonyl (C=O) groups is 2. The zero-order valence-electron chi connectivity index (χ0n) is 13.9. The number of anilines is 1. The van der Waals surface area contributed by atoms with Crippen LogP contribution in [-0.4, -0.2) is 23.3 Å². The van der Waals surface area contributed by atoms with E-state index in [1.54, 1.807) is 12.4 Å². The van der Waals surface area contributed by atoms with Gasteiger partial charge in [0.15, 0.2) is 0 Å². The summed E-state index contributed by atoms with van der Waals surface area (Å²) < 4.78 is 0. The van der Waals surface area contributed by atoms with E-state index in [2.05, 4.69) is 21.2 Å². The first-order chi connectivity index (χ1) is 11.5. The van der Waals surface area contributed by atoms with Crippen molar-refractivity contribution in [2.45, 2.75) is 26.7 Å². The van der Waals surface area contributed by atoms with Gasteiger partial charge in [-0.1, -0.05) is 23.8 Å². The number of carbonyl (C=O) groups excluding carboxylic acids is 2. The van der Waals surface area contributed by atoms with Crippen molar-refractivity contribution in [3.05, 3.63) is 59.4 Å². The first kappa shape index (κ1) is 17.5. The minimum atomic E-state index is -0.301. The Morgan fingerprint density at radius 2 is 1.88 bits per heavy atom. The van der Waals surface area contributed by atoms with Crippen LogP contribution in [0.2, 0.25) is 0 Å². The van der Waals surface area contributed by atoms with Crippen LogP contribution in [0.15, 0.2) is 42.7 Å². The Hall–Kier alpha value is -2.89. The Kier molecular flexibility index (Phi) is 6.31. The molecule has 0 aliphatic carbocycles. The van der Waals surface area contributed by atoms with Crippen LogP contribution in [0.4, 0.5) is 5.69 Å². The lowest BCUT2D eigenvalue weighted by atomic mass is 10.1. The van der Waals surface area contributed by atoms with Crippen molar-refractivity contribution < 1.29 is 9.59 Å². The van der Waals surface area contributed by atoms with E-state index in [0.29, 0.717) is 6.42 Å². The molecule has 0 aliphatic rings. The number of amides is 2. The number of nitrogens with one attached hydrogen (secondary N) is 3. The molecule has 0 unspecified atom stereocenters. The average Bonchev–Trinajstić information content (AvgIpc) is 2.58. The highest BCUT2D eigenvalue weighted by molar-refractivity contribution is 5.84. The molecule has 1 aromatic heterocycles. The maximum absolute atomic E-state index is 11.8. The third kappa shape index (κ3) is 5.72. The second-order valence-corrected chi connectivity index (χ2v) is 5.63. The fourth-order valence-electron chi connectivity index (χ4n) is 2.24. The molecule has 1 heterocycles. The fourth-order valence-corrected chi connectivity index (χ4v) is 2.24. The van der Waals surface area contributed by atoms with Gasteiger partial charge in [0.2, 0.25) is 5.91 Å². The number of pyridine rings is 1. The first-order valence-corrected chi connectivity index (χ1v) is 7.82. The quantitative estimate of drug-likeness (QED) is 0.708. The Balaban J connectivity index is 1.68. The summed E-state index contributed by atoms with van der Waals surface area (Å²) in [5.74, 6) is -0.538. The van der Waals surface area contributed by atoms with Crippen LogP contribution in [0.25, 0.3) is 0 Å². The van der Waals surface area contributed by atoms with Gasteiger partial charge in [-0.15, -0.1) is 0 Å². The molecule has 0 spiro atoms. The molecule has 24 heavy (non-hydrogen) atoms. The molecule has 0 bridgehead atoms. The zero-order chi connectivity index (χ0) is 17.4. The van der Waals surface area contributed by atoms with Gasteiger partial charge in [-0.3, -0.25) is 25.4 Å². The highest BCUT2D eigenvalue weighted by Gasteiger charge is 2.06. The molecule has 0 saturated carbocycles. The number of aromatic nitrogens is 1. The van der Waals surface area contributed by atoms with E-state index in [1.165, 1.54) is 5.56 Å². The fraction of sp³-hybridized carbons (Fsp3) is 0.278. The third-order valence-electron chi connectivity index (χ3n) is 3.53. The van der Waals surface area contributed by atoms with Crippen molar-refractivity contribution >= 4 is 17.5 Å². The molecule has 2 rings (SSSR count). The number of benzene rings is 1. The lowest BCUT2D eigenvalue weighted by Crippen LogP contribution is -2.44. The molecule has 0 saturated heterocycles. The Morgan fingerprint density at radius 1 is 1.08 bits per heavy atom. The van der Waals surface area contributed by atoms with Gasteiger partial charge in [0.05, 0.1) is 6.54 Å². The van der Waals surface area contributed by atoms with Gasteiger partial charge in [0.25, 0.3) is 5.91 Å². The SMILES string of the molecule is Cc1ccc(NCC(=O)NNC(=O)CCc2cccnc2)c(C)c1. The monoisotopic (exact) mass is 326 g/mol. The number of hydrogen-bond donors (Lipinski definition) is 3. The first-order valence-electron chi connectivity index (χ1n) is 7.82. The van der Waals surface area contributed by atoms with Crippen LogP contribution in [0.5, 0.6) is 0 Å². The van der Waals surface area contributed by atoms with E-state index in [1.807, 2.05) is 44.2 Å². The molecule has 1 aromatic carbocycles. The van der Waals surface area contributed by atoms with Gasteiger partial charge in [-0.25, -0.2) is 0 Å². The molecule has 3 N–H and O–H groups in total. The number of hydrazine groups is 1. The van der Waals surface area contributed by atoms with Crippen LogP contribution in [-0.2, 0) is 16.0 Å². The lowest BCUT2D eigenvalue weighted by molar-refractivity contribution is -0.128. The Labute approximate surface area is 141 Å². The van der Waals surface area contributed by atoms with Gasteiger partial charge in [0, 0.05) is 24.5 Å². The summed E-state index contributed by atoms with van der Waals surface area (Å²) in [6.45, 7) is 4.09. The molecular formula is C18H22N4O2. The Bertz CT molecular complexity index is 701. The molecule has 0 aliphatic heterocycles. The van der Waals surface area contributed by atoms with Crippen molar-refractivity contribution in [3.8, 4) is 0 Å². The van der Waals surface area contributed by atoms with Gasteiger partial charge in [-0.2, -0.15) is 0 Å². The summed E-state index contributed by atoms with van der Waals surface area (Å²) in [6.07, 6.45) is 4.28. The average molecular weight is 326 g/mol. The molecule has 2 aromatic rings. The van der Waals surface area contributed by atoms with Gasteiger partial charge in [0.1, 0.15) is 0 Å². The van der Waals surface area contributed by atoms with Crippen molar-refractivity contribution in [2.24, 2.45) is 0 Å². The number of rotatable bonds is 6. The van der Waals surface area contributed by atoms with E-state index < -0.39 is 0 Å². The molecular weight excluding hydrogens is 304 g/mol. The smallest absolute Gasteiger partial charge is 0.257 e. The number of hydrogen-bond acceptors (Lipinski definition) is 4. The summed E-state index contributed by atoms with van der Waals surface area (Å²) in [5, 5.41) is 3.05. The number of nitrogens with zero attached hydrogens (tertiary/aromatic N) is 1. The summed E-state index contributed by atoms with van der Waals surface area (Å²) in [7, 11) is 0. The van der Waals surface area contributed by atoms with E-state index in [4.69, 9.17) is 0 Å². The molecule has 0 fully saturated rings. The van der Waals surface area contributed by atoms with E-state index in [9.17, 15) is 9.59 Å². The van der Waals surface area contributed by atoms with E-state index in [-0.39, 0.29) is 24.8 Å². The standard InChI is InChI=1S/C18H22N4O2/c1-13-5-7-16(14(2)10-13)20-12-18(24)22-21-17(23)8-6-15-4-3-9-19-11-15/h3-5,7,9-11,20H,6,8,12H2,1-2H3,(H,21,23)(H,22,24). The summed E-state index contributed by atoms with van der Waals surface area (Å²) in [5.41, 5.74) is 8.94. The van der Waals surface area contributed by atoms with Crippen LogP contribution < -0.4 is 16.2 Å². The summed E-state index contributed by atoms with van der Waals surface area (Å²) in [6, 6.07) is 9.69. The minimum absolute atomic E-state index is 0.0901. The second kappa shape index (κ2) is 8.67. The maximum atomic E-state index is 11.8. The molecule has 2 amide bonds.